The van der Waals surface area contributed by atoms with Gasteiger partial charge in [-0.1, -0.05) is 103 Å². The highest BCUT2D eigenvalue weighted by atomic mass is 16.6. The lowest BCUT2D eigenvalue weighted by atomic mass is 9.77. The first-order valence-electron chi connectivity index (χ1n) is 9.05. The van der Waals surface area contributed by atoms with Crippen molar-refractivity contribution >= 4 is 10.8 Å². The van der Waals surface area contributed by atoms with E-state index >= 15 is 0 Å². The van der Waals surface area contributed by atoms with Crippen molar-refractivity contribution < 1.29 is 4.74 Å². The average molecular weight is 336 g/mol. The van der Waals surface area contributed by atoms with Crippen LogP contribution in [-0.4, -0.2) is 0 Å². The Hall–Kier alpha value is -2.90. The van der Waals surface area contributed by atoms with Crippen molar-refractivity contribution in [3.63, 3.8) is 0 Å². The molecule has 1 heteroatoms. The normalized spacial score (nSPS) is 20.8. The van der Waals surface area contributed by atoms with Gasteiger partial charge in [0.1, 0.15) is 5.60 Å². The van der Waals surface area contributed by atoms with Crippen molar-refractivity contribution in [2.24, 2.45) is 0 Å². The number of rotatable bonds is 3. The van der Waals surface area contributed by atoms with E-state index in [0.717, 1.165) is 0 Å². The molecule has 4 aromatic carbocycles. The van der Waals surface area contributed by atoms with Gasteiger partial charge in [-0.25, -0.2) is 0 Å². The van der Waals surface area contributed by atoms with E-state index in [1.54, 1.807) is 0 Å². The minimum atomic E-state index is -0.459. The fourth-order valence-corrected chi connectivity index (χ4v) is 4.35. The van der Waals surface area contributed by atoms with Crippen molar-refractivity contribution in [2.45, 2.75) is 18.1 Å². The Bertz CT molecular complexity index is 1020. The molecular formula is C25H20O. The van der Waals surface area contributed by atoms with Crippen molar-refractivity contribution in [1.29, 1.82) is 0 Å². The predicted molar refractivity (Wildman–Crippen MR) is 106 cm³/mol. The highest BCUT2D eigenvalue weighted by Gasteiger charge is 2.69. The second kappa shape index (κ2) is 5.55. The molecule has 0 amide bonds. The molecule has 1 fully saturated rings. The molecule has 1 atom stereocenters. The SMILES string of the molecule is CC1(c2cccc3ccccc23)OC1(c1ccccc1)c1ccccc1. The van der Waals surface area contributed by atoms with Crippen LogP contribution in [0.1, 0.15) is 23.6 Å². The molecule has 1 heterocycles. The molecule has 1 aliphatic rings. The van der Waals surface area contributed by atoms with Crippen molar-refractivity contribution in [2.75, 3.05) is 0 Å². The second-order valence-electron chi connectivity index (χ2n) is 7.08. The van der Waals surface area contributed by atoms with Gasteiger partial charge in [0.25, 0.3) is 0 Å². The van der Waals surface area contributed by atoms with Gasteiger partial charge >= 0.3 is 0 Å². The molecule has 0 spiro atoms. The summed E-state index contributed by atoms with van der Waals surface area (Å²) in [4.78, 5) is 0. The van der Waals surface area contributed by atoms with Crippen molar-refractivity contribution in [1.82, 2.24) is 0 Å². The molecule has 4 aromatic rings. The Labute approximate surface area is 153 Å². The first kappa shape index (κ1) is 15.4. The summed E-state index contributed by atoms with van der Waals surface area (Å²) in [5.74, 6) is 0. The summed E-state index contributed by atoms with van der Waals surface area (Å²) in [5, 5.41) is 2.50. The van der Waals surface area contributed by atoms with Crippen LogP contribution in [-0.2, 0) is 15.9 Å². The predicted octanol–water partition coefficient (Wildman–Crippen LogP) is 6.03. The number of hydrogen-bond donors (Lipinski definition) is 0. The quantitative estimate of drug-likeness (QED) is 0.416. The van der Waals surface area contributed by atoms with Crippen LogP contribution in [0.15, 0.2) is 103 Å². The van der Waals surface area contributed by atoms with Crippen LogP contribution in [0.25, 0.3) is 10.8 Å². The molecule has 0 aliphatic carbocycles. The molecule has 0 saturated carbocycles. The zero-order valence-electron chi connectivity index (χ0n) is 14.7. The first-order chi connectivity index (χ1) is 12.8. The Morgan fingerprint density at radius 1 is 0.577 bits per heavy atom. The molecule has 0 radical (unpaired) electrons. The molecule has 5 rings (SSSR count). The van der Waals surface area contributed by atoms with Crippen molar-refractivity contribution in [3.8, 4) is 0 Å². The third kappa shape index (κ3) is 2.01. The summed E-state index contributed by atoms with van der Waals surface area (Å²) >= 11 is 0. The van der Waals surface area contributed by atoms with Crippen LogP contribution in [0.3, 0.4) is 0 Å². The number of benzene rings is 4. The lowest BCUT2D eigenvalue weighted by Gasteiger charge is -2.20. The standard InChI is InChI=1S/C25H20O/c1-24(23-18-10-12-19-11-8-9-17-22(19)23)25(26-24,20-13-4-2-5-14-20)21-15-6-3-7-16-21/h2-18H,1H3. The van der Waals surface area contributed by atoms with Gasteiger partial charge in [0, 0.05) is 0 Å². The van der Waals surface area contributed by atoms with E-state index in [1.165, 1.54) is 27.5 Å². The minimum Gasteiger partial charge on any atom is -0.347 e. The maximum absolute atomic E-state index is 6.66. The smallest absolute Gasteiger partial charge is 0.152 e. The molecule has 1 nitrogen and oxygen atoms in total. The number of epoxide rings is 1. The van der Waals surface area contributed by atoms with Gasteiger partial charge in [-0.2, -0.15) is 0 Å². The monoisotopic (exact) mass is 336 g/mol. The Kier molecular flexibility index (Phi) is 3.28. The Morgan fingerprint density at radius 3 is 1.77 bits per heavy atom. The van der Waals surface area contributed by atoms with Crippen LogP contribution in [0.4, 0.5) is 0 Å². The van der Waals surface area contributed by atoms with Gasteiger partial charge in [0.05, 0.1) is 0 Å². The van der Waals surface area contributed by atoms with E-state index in [1.807, 2.05) is 0 Å². The Morgan fingerprint density at radius 2 is 1.12 bits per heavy atom. The molecule has 0 N–H and O–H groups in total. The minimum absolute atomic E-state index is 0.406. The van der Waals surface area contributed by atoms with Gasteiger partial charge in [-0.05, 0) is 34.4 Å². The van der Waals surface area contributed by atoms with Gasteiger partial charge < -0.3 is 4.74 Å². The highest BCUT2D eigenvalue weighted by molar-refractivity contribution is 5.87. The maximum atomic E-state index is 6.66. The van der Waals surface area contributed by atoms with E-state index < -0.39 is 11.2 Å². The lowest BCUT2D eigenvalue weighted by molar-refractivity contribution is 0.290. The summed E-state index contributed by atoms with van der Waals surface area (Å²) < 4.78 is 6.66. The lowest BCUT2D eigenvalue weighted by Crippen LogP contribution is -2.21. The molecule has 1 unspecified atom stereocenters. The summed E-state index contributed by atoms with van der Waals surface area (Å²) in [7, 11) is 0. The number of hydrogen-bond acceptors (Lipinski definition) is 1. The zero-order valence-corrected chi connectivity index (χ0v) is 14.7. The number of ether oxygens (including phenoxy) is 1. The zero-order chi connectivity index (χ0) is 17.6. The largest absolute Gasteiger partial charge is 0.347 e. The maximum Gasteiger partial charge on any atom is 0.152 e. The molecule has 26 heavy (non-hydrogen) atoms. The van der Waals surface area contributed by atoms with Gasteiger partial charge in [0.2, 0.25) is 0 Å². The van der Waals surface area contributed by atoms with E-state index in [9.17, 15) is 0 Å². The van der Waals surface area contributed by atoms with Crippen LogP contribution in [0, 0.1) is 0 Å². The fourth-order valence-electron chi connectivity index (χ4n) is 4.35. The summed E-state index contributed by atoms with van der Waals surface area (Å²) in [6, 6.07) is 36.2. The summed E-state index contributed by atoms with van der Waals surface area (Å²) in [5.41, 5.74) is 2.77. The molecule has 0 bridgehead atoms. The molecular weight excluding hydrogens is 316 g/mol. The summed E-state index contributed by atoms with van der Waals surface area (Å²) in [6.07, 6.45) is 0. The van der Waals surface area contributed by atoms with Crippen LogP contribution in [0.2, 0.25) is 0 Å². The topological polar surface area (TPSA) is 12.5 Å². The molecule has 1 saturated heterocycles. The van der Waals surface area contributed by atoms with Gasteiger partial charge in [-0.15, -0.1) is 0 Å². The first-order valence-corrected chi connectivity index (χ1v) is 9.05. The highest BCUT2D eigenvalue weighted by Crippen LogP contribution is 2.66. The fraction of sp³-hybridized carbons (Fsp3) is 0.120. The van der Waals surface area contributed by atoms with E-state index in [0.29, 0.717) is 0 Å². The second-order valence-corrected chi connectivity index (χ2v) is 7.08. The van der Waals surface area contributed by atoms with Crippen LogP contribution in [0.5, 0.6) is 0 Å². The molecule has 1 aliphatic heterocycles. The average Bonchev–Trinajstić information content (AvgIpc) is 3.37. The van der Waals surface area contributed by atoms with Gasteiger partial charge in [0.15, 0.2) is 5.60 Å². The van der Waals surface area contributed by atoms with E-state index in [4.69, 9.17) is 4.74 Å². The molecule has 0 aromatic heterocycles. The van der Waals surface area contributed by atoms with E-state index in [-0.39, 0.29) is 0 Å². The molecule has 126 valence electrons. The van der Waals surface area contributed by atoms with Crippen molar-refractivity contribution in [3.05, 3.63) is 120 Å². The van der Waals surface area contributed by atoms with Crippen LogP contribution < -0.4 is 0 Å². The van der Waals surface area contributed by atoms with Gasteiger partial charge in [-0.3, -0.25) is 0 Å². The van der Waals surface area contributed by atoms with Crippen LogP contribution >= 0.6 is 0 Å². The van der Waals surface area contributed by atoms with E-state index in [2.05, 4.69) is 110 Å². The summed E-state index contributed by atoms with van der Waals surface area (Å²) in [6.45, 7) is 2.22. The third-order valence-electron chi connectivity index (χ3n) is 5.65. The Balaban J connectivity index is 1.77. The number of fused-ring (bicyclic) bond motifs is 1. The third-order valence-corrected chi connectivity index (χ3v) is 5.65.